The van der Waals surface area contributed by atoms with Crippen LogP contribution >= 0.6 is 0 Å². The molecular weight excluding hydrogens is 345 g/mol. The molecule has 1 fully saturated rings. The second-order valence-electron chi connectivity index (χ2n) is 5.56. The van der Waals surface area contributed by atoms with Gasteiger partial charge >= 0.3 is 6.18 Å². The lowest BCUT2D eigenvalue weighted by atomic mass is 10.2. The van der Waals surface area contributed by atoms with E-state index < -0.39 is 21.8 Å². The van der Waals surface area contributed by atoms with Gasteiger partial charge < -0.3 is 4.90 Å². The highest BCUT2D eigenvalue weighted by Crippen LogP contribution is 2.31. The molecule has 0 aliphatic carbocycles. The van der Waals surface area contributed by atoms with Crippen molar-refractivity contribution >= 4 is 15.9 Å². The highest BCUT2D eigenvalue weighted by molar-refractivity contribution is 7.89. The van der Waals surface area contributed by atoms with Crippen LogP contribution in [0, 0.1) is 0 Å². The van der Waals surface area contributed by atoms with Crippen LogP contribution in [0.4, 0.5) is 13.2 Å². The standard InChI is InChI=1S/C15H19F3N2O3S/c1-2-4-14(21)19-7-9-20(10-8-19)24(22,23)13-6-3-5-12(11-13)15(16,17)18/h3,5-6,11H,2,4,7-10H2,1H3. The number of halogens is 3. The Balaban J connectivity index is 2.14. The molecule has 0 atom stereocenters. The largest absolute Gasteiger partial charge is 0.416 e. The topological polar surface area (TPSA) is 57.7 Å². The van der Waals surface area contributed by atoms with Crippen molar-refractivity contribution in [2.75, 3.05) is 26.2 Å². The first-order chi connectivity index (χ1) is 11.2. The van der Waals surface area contributed by atoms with Crippen LogP contribution in [0.5, 0.6) is 0 Å². The third kappa shape index (κ3) is 4.07. The highest BCUT2D eigenvalue weighted by Gasteiger charge is 2.34. The molecule has 1 amide bonds. The minimum absolute atomic E-state index is 0.0337. The first kappa shape index (κ1) is 18.7. The molecule has 1 aliphatic rings. The molecule has 0 spiro atoms. The molecule has 0 bridgehead atoms. The summed E-state index contributed by atoms with van der Waals surface area (Å²) in [5.74, 6) is -0.0337. The van der Waals surface area contributed by atoms with Crippen molar-refractivity contribution in [2.24, 2.45) is 0 Å². The smallest absolute Gasteiger partial charge is 0.340 e. The summed E-state index contributed by atoms with van der Waals surface area (Å²) in [5.41, 5.74) is -1.000. The zero-order chi connectivity index (χ0) is 18.0. The van der Waals surface area contributed by atoms with E-state index in [0.717, 1.165) is 22.5 Å². The van der Waals surface area contributed by atoms with Gasteiger partial charge in [0, 0.05) is 32.6 Å². The molecule has 1 aliphatic heterocycles. The number of piperazine rings is 1. The Morgan fingerprint density at radius 2 is 1.79 bits per heavy atom. The van der Waals surface area contributed by atoms with E-state index in [0.29, 0.717) is 18.9 Å². The normalized spacial score (nSPS) is 17.1. The molecule has 1 heterocycles. The second kappa shape index (κ2) is 7.10. The first-order valence-corrected chi connectivity index (χ1v) is 9.05. The minimum Gasteiger partial charge on any atom is -0.340 e. The van der Waals surface area contributed by atoms with E-state index in [-0.39, 0.29) is 37.0 Å². The van der Waals surface area contributed by atoms with Gasteiger partial charge in [-0.2, -0.15) is 17.5 Å². The highest BCUT2D eigenvalue weighted by atomic mass is 32.2. The molecule has 1 saturated heterocycles. The monoisotopic (exact) mass is 364 g/mol. The van der Waals surface area contributed by atoms with E-state index in [1.54, 1.807) is 4.90 Å². The number of alkyl halides is 3. The van der Waals surface area contributed by atoms with E-state index >= 15 is 0 Å². The number of carbonyl (C=O) groups excluding carboxylic acids is 1. The Bertz CT molecular complexity index is 696. The number of sulfonamides is 1. The summed E-state index contributed by atoms with van der Waals surface area (Å²) < 4.78 is 64.4. The lowest BCUT2D eigenvalue weighted by molar-refractivity contribution is -0.137. The Kier molecular flexibility index (Phi) is 5.54. The summed E-state index contributed by atoms with van der Waals surface area (Å²) in [5, 5.41) is 0. The van der Waals surface area contributed by atoms with Crippen LogP contribution in [-0.2, 0) is 21.0 Å². The number of rotatable bonds is 4. The third-order valence-corrected chi connectivity index (χ3v) is 5.75. The maximum Gasteiger partial charge on any atom is 0.416 e. The third-order valence-electron chi connectivity index (χ3n) is 3.85. The molecular formula is C15H19F3N2O3S. The van der Waals surface area contributed by atoms with Gasteiger partial charge in [-0.3, -0.25) is 4.79 Å². The molecule has 1 aromatic carbocycles. The Hall–Kier alpha value is -1.61. The fourth-order valence-corrected chi connectivity index (χ4v) is 4.00. The van der Waals surface area contributed by atoms with Gasteiger partial charge in [-0.1, -0.05) is 13.0 Å². The van der Waals surface area contributed by atoms with Crippen LogP contribution in [0.2, 0.25) is 0 Å². The predicted octanol–water partition coefficient (Wildman–Crippen LogP) is 2.34. The van der Waals surface area contributed by atoms with Crippen molar-refractivity contribution in [1.29, 1.82) is 0 Å². The maximum atomic E-state index is 12.8. The summed E-state index contributed by atoms with van der Waals surface area (Å²) in [4.78, 5) is 13.0. The van der Waals surface area contributed by atoms with Gasteiger partial charge in [-0.05, 0) is 24.6 Å². The molecule has 2 rings (SSSR count). The fraction of sp³-hybridized carbons (Fsp3) is 0.533. The van der Waals surface area contributed by atoms with Crippen LogP contribution < -0.4 is 0 Å². The zero-order valence-corrected chi connectivity index (χ0v) is 14.0. The Labute approximate surface area is 139 Å². The summed E-state index contributed by atoms with van der Waals surface area (Å²) in [7, 11) is -4.01. The van der Waals surface area contributed by atoms with E-state index in [1.165, 1.54) is 0 Å². The van der Waals surface area contributed by atoms with Crippen molar-refractivity contribution in [2.45, 2.75) is 30.8 Å². The predicted molar refractivity (Wildman–Crippen MR) is 81.7 cm³/mol. The number of hydrogen-bond acceptors (Lipinski definition) is 3. The number of hydrogen-bond donors (Lipinski definition) is 0. The van der Waals surface area contributed by atoms with E-state index in [9.17, 15) is 26.4 Å². The van der Waals surface area contributed by atoms with Gasteiger partial charge in [-0.15, -0.1) is 0 Å². The fourth-order valence-electron chi connectivity index (χ4n) is 2.53. The number of nitrogens with zero attached hydrogens (tertiary/aromatic N) is 2. The van der Waals surface area contributed by atoms with Gasteiger partial charge in [0.1, 0.15) is 0 Å². The summed E-state index contributed by atoms with van der Waals surface area (Å²) in [6.07, 6.45) is -3.49. The Morgan fingerprint density at radius 1 is 1.17 bits per heavy atom. The van der Waals surface area contributed by atoms with Crippen LogP contribution in [0.15, 0.2) is 29.2 Å². The molecule has 0 N–H and O–H groups in total. The number of carbonyl (C=O) groups is 1. The second-order valence-corrected chi connectivity index (χ2v) is 7.50. The molecule has 0 unspecified atom stereocenters. The van der Waals surface area contributed by atoms with Gasteiger partial charge in [0.25, 0.3) is 0 Å². The van der Waals surface area contributed by atoms with Crippen LogP contribution in [-0.4, -0.2) is 49.7 Å². The van der Waals surface area contributed by atoms with Gasteiger partial charge in [0.2, 0.25) is 15.9 Å². The molecule has 0 aromatic heterocycles. The molecule has 9 heteroatoms. The van der Waals surface area contributed by atoms with Crippen molar-refractivity contribution in [1.82, 2.24) is 9.21 Å². The van der Waals surface area contributed by atoms with Gasteiger partial charge in [0.15, 0.2) is 0 Å². The zero-order valence-electron chi connectivity index (χ0n) is 13.2. The molecule has 134 valence electrons. The number of amides is 1. The van der Waals surface area contributed by atoms with Crippen molar-refractivity contribution in [3.8, 4) is 0 Å². The summed E-state index contributed by atoms with van der Waals surface area (Å²) >= 11 is 0. The lowest BCUT2D eigenvalue weighted by Gasteiger charge is -2.34. The number of benzene rings is 1. The average molecular weight is 364 g/mol. The summed E-state index contributed by atoms with van der Waals surface area (Å²) in [6.45, 7) is 2.53. The van der Waals surface area contributed by atoms with E-state index in [4.69, 9.17) is 0 Å². The lowest BCUT2D eigenvalue weighted by Crippen LogP contribution is -2.50. The summed E-state index contributed by atoms with van der Waals surface area (Å²) in [6, 6.07) is 3.71. The maximum absolute atomic E-state index is 12.8. The van der Waals surface area contributed by atoms with E-state index in [1.807, 2.05) is 6.92 Å². The van der Waals surface area contributed by atoms with Gasteiger partial charge in [-0.25, -0.2) is 8.42 Å². The van der Waals surface area contributed by atoms with Crippen molar-refractivity contribution < 1.29 is 26.4 Å². The van der Waals surface area contributed by atoms with Crippen LogP contribution in [0.1, 0.15) is 25.3 Å². The first-order valence-electron chi connectivity index (χ1n) is 7.61. The van der Waals surface area contributed by atoms with Crippen LogP contribution in [0.3, 0.4) is 0 Å². The molecule has 0 saturated carbocycles. The molecule has 24 heavy (non-hydrogen) atoms. The SMILES string of the molecule is CCCC(=O)N1CCN(S(=O)(=O)c2cccc(C(F)(F)F)c2)CC1. The van der Waals surface area contributed by atoms with Crippen molar-refractivity contribution in [3.63, 3.8) is 0 Å². The minimum atomic E-state index is -4.60. The van der Waals surface area contributed by atoms with Crippen LogP contribution in [0.25, 0.3) is 0 Å². The van der Waals surface area contributed by atoms with E-state index in [2.05, 4.69) is 0 Å². The Morgan fingerprint density at radius 3 is 2.33 bits per heavy atom. The van der Waals surface area contributed by atoms with Crippen molar-refractivity contribution in [3.05, 3.63) is 29.8 Å². The average Bonchev–Trinajstić information content (AvgIpc) is 2.54. The van der Waals surface area contributed by atoms with Gasteiger partial charge in [0.05, 0.1) is 10.5 Å². The molecule has 5 nitrogen and oxygen atoms in total. The molecule has 1 aromatic rings. The quantitative estimate of drug-likeness (QED) is 0.824. The molecule has 0 radical (unpaired) electrons.